The van der Waals surface area contributed by atoms with Crippen LogP contribution in [0.4, 0.5) is 10.0 Å². The van der Waals surface area contributed by atoms with Gasteiger partial charge in [-0.3, -0.25) is 19.8 Å². The minimum Gasteiger partial charge on any atom is -0.360 e. The summed E-state index contributed by atoms with van der Waals surface area (Å²) in [6.07, 6.45) is 3.44. The Balaban J connectivity index is 1.53. The highest BCUT2D eigenvalue weighted by Crippen LogP contribution is 2.36. The van der Waals surface area contributed by atoms with Crippen molar-refractivity contribution in [1.82, 2.24) is 9.80 Å². The van der Waals surface area contributed by atoms with E-state index in [4.69, 9.17) is 0 Å². The van der Waals surface area contributed by atoms with Gasteiger partial charge in [0.1, 0.15) is 5.00 Å². The number of rotatable bonds is 4. The standard InChI is InChI=1S/C17H26N4O3S/c1-13-11-16(21(23)24)25-17(13)19-9-7-18(8-10-19)12-15(22)20-6-4-3-5-14(20)2/h11,14H,3-10,12H2,1-2H3/t14-/m1/s1. The van der Waals surface area contributed by atoms with Gasteiger partial charge in [-0.2, -0.15) is 0 Å². The summed E-state index contributed by atoms with van der Waals surface area (Å²) in [5.41, 5.74) is 0.961. The van der Waals surface area contributed by atoms with Crippen LogP contribution in [-0.2, 0) is 4.79 Å². The predicted molar refractivity (Wildman–Crippen MR) is 99.4 cm³/mol. The van der Waals surface area contributed by atoms with Gasteiger partial charge in [-0.05, 0) is 50.0 Å². The van der Waals surface area contributed by atoms with Crippen molar-refractivity contribution in [1.29, 1.82) is 0 Å². The van der Waals surface area contributed by atoms with E-state index in [0.29, 0.717) is 12.6 Å². The van der Waals surface area contributed by atoms with Crippen molar-refractivity contribution < 1.29 is 9.72 Å². The van der Waals surface area contributed by atoms with Gasteiger partial charge in [0.15, 0.2) is 0 Å². The van der Waals surface area contributed by atoms with Crippen molar-refractivity contribution in [3.8, 4) is 0 Å². The Morgan fingerprint density at radius 1 is 1.28 bits per heavy atom. The second-order valence-corrected chi connectivity index (χ2v) is 8.03. The number of nitrogens with zero attached hydrogens (tertiary/aromatic N) is 4. The molecule has 8 heteroatoms. The third-order valence-electron chi connectivity index (χ3n) is 5.20. The molecule has 1 aromatic rings. The molecule has 2 fully saturated rings. The van der Waals surface area contributed by atoms with Crippen LogP contribution in [0.3, 0.4) is 0 Å². The molecule has 3 rings (SSSR count). The maximum atomic E-state index is 12.6. The van der Waals surface area contributed by atoms with Crippen LogP contribution in [-0.4, -0.2) is 65.9 Å². The third kappa shape index (κ3) is 4.12. The van der Waals surface area contributed by atoms with Gasteiger partial charge in [0.25, 0.3) is 0 Å². The number of piperidine rings is 1. The van der Waals surface area contributed by atoms with Crippen LogP contribution in [0, 0.1) is 17.0 Å². The molecule has 3 heterocycles. The normalized spacial score (nSPS) is 22.2. The molecular weight excluding hydrogens is 340 g/mol. The first-order valence-electron chi connectivity index (χ1n) is 8.97. The fourth-order valence-corrected chi connectivity index (χ4v) is 4.76. The first kappa shape index (κ1) is 18.1. The molecular formula is C17H26N4O3S. The first-order chi connectivity index (χ1) is 12.0. The van der Waals surface area contributed by atoms with Crippen LogP contribution in [0.1, 0.15) is 31.7 Å². The number of carbonyl (C=O) groups excluding carboxylic acids is 1. The van der Waals surface area contributed by atoms with Crippen LogP contribution in [0.2, 0.25) is 0 Å². The zero-order chi connectivity index (χ0) is 18.0. The van der Waals surface area contributed by atoms with Crippen molar-refractivity contribution in [2.75, 3.05) is 44.2 Å². The summed E-state index contributed by atoms with van der Waals surface area (Å²) in [4.78, 5) is 29.6. The summed E-state index contributed by atoms with van der Waals surface area (Å²) in [6, 6.07) is 2.00. The lowest BCUT2D eigenvalue weighted by Gasteiger charge is -2.38. The van der Waals surface area contributed by atoms with Crippen molar-refractivity contribution in [2.45, 2.75) is 39.2 Å². The monoisotopic (exact) mass is 366 g/mol. The molecule has 2 aliphatic heterocycles. The summed E-state index contributed by atoms with van der Waals surface area (Å²) < 4.78 is 0. The highest BCUT2D eigenvalue weighted by Gasteiger charge is 2.27. The Bertz CT molecular complexity index is 640. The number of hydrogen-bond donors (Lipinski definition) is 0. The zero-order valence-electron chi connectivity index (χ0n) is 14.9. The van der Waals surface area contributed by atoms with Gasteiger partial charge in [0.2, 0.25) is 5.91 Å². The van der Waals surface area contributed by atoms with Gasteiger partial charge < -0.3 is 9.80 Å². The van der Waals surface area contributed by atoms with Gasteiger partial charge in [-0.25, -0.2) is 0 Å². The summed E-state index contributed by atoms with van der Waals surface area (Å²) in [5, 5.41) is 12.1. The minimum atomic E-state index is -0.324. The largest absolute Gasteiger partial charge is 0.360 e. The molecule has 7 nitrogen and oxygen atoms in total. The first-order valence-corrected chi connectivity index (χ1v) is 9.79. The molecule has 2 saturated heterocycles. The van der Waals surface area contributed by atoms with Gasteiger partial charge in [0.05, 0.1) is 11.5 Å². The molecule has 0 bridgehead atoms. The van der Waals surface area contributed by atoms with Gasteiger partial charge in [-0.1, -0.05) is 0 Å². The number of carbonyl (C=O) groups is 1. The molecule has 25 heavy (non-hydrogen) atoms. The van der Waals surface area contributed by atoms with Gasteiger partial charge in [0, 0.05) is 44.8 Å². The Labute approximate surface area is 152 Å². The second kappa shape index (κ2) is 7.70. The van der Waals surface area contributed by atoms with E-state index in [1.165, 1.54) is 17.8 Å². The van der Waals surface area contributed by atoms with Crippen LogP contribution < -0.4 is 4.90 Å². The second-order valence-electron chi connectivity index (χ2n) is 7.03. The smallest absolute Gasteiger partial charge is 0.326 e. The van der Waals surface area contributed by atoms with E-state index in [1.54, 1.807) is 6.07 Å². The highest BCUT2D eigenvalue weighted by atomic mass is 32.1. The number of nitro groups is 1. The number of amides is 1. The summed E-state index contributed by atoms with van der Waals surface area (Å²) in [5.74, 6) is 0.239. The SMILES string of the molecule is Cc1cc([N+](=O)[O-])sc1N1CCN(CC(=O)N2CCCC[C@H]2C)CC1. The molecule has 0 radical (unpaired) electrons. The van der Waals surface area contributed by atoms with E-state index in [2.05, 4.69) is 16.7 Å². The van der Waals surface area contributed by atoms with Crippen molar-refractivity contribution >= 4 is 27.2 Å². The average molecular weight is 366 g/mol. The number of hydrogen-bond acceptors (Lipinski definition) is 6. The average Bonchev–Trinajstić information content (AvgIpc) is 2.98. The Kier molecular flexibility index (Phi) is 5.58. The lowest BCUT2D eigenvalue weighted by atomic mass is 10.0. The molecule has 138 valence electrons. The molecule has 0 spiro atoms. The zero-order valence-corrected chi connectivity index (χ0v) is 15.8. The van der Waals surface area contributed by atoms with Crippen molar-refractivity contribution in [3.63, 3.8) is 0 Å². The fourth-order valence-electron chi connectivity index (χ4n) is 3.72. The van der Waals surface area contributed by atoms with E-state index in [-0.39, 0.29) is 15.8 Å². The summed E-state index contributed by atoms with van der Waals surface area (Å²) in [7, 11) is 0. The molecule has 1 aromatic heterocycles. The van der Waals surface area contributed by atoms with Crippen molar-refractivity contribution in [2.24, 2.45) is 0 Å². The Morgan fingerprint density at radius 3 is 2.60 bits per heavy atom. The van der Waals surface area contributed by atoms with E-state index in [1.807, 2.05) is 11.8 Å². The number of anilines is 1. The maximum Gasteiger partial charge on any atom is 0.326 e. The Morgan fingerprint density at radius 2 is 2.00 bits per heavy atom. The van der Waals surface area contributed by atoms with E-state index in [9.17, 15) is 14.9 Å². The molecule has 0 unspecified atom stereocenters. The number of thiophene rings is 1. The molecule has 0 saturated carbocycles. The summed E-state index contributed by atoms with van der Waals surface area (Å²) >= 11 is 1.25. The lowest BCUT2D eigenvalue weighted by Crippen LogP contribution is -2.52. The van der Waals surface area contributed by atoms with Gasteiger partial charge >= 0.3 is 5.00 Å². The third-order valence-corrected chi connectivity index (χ3v) is 6.45. The highest BCUT2D eigenvalue weighted by molar-refractivity contribution is 7.19. The van der Waals surface area contributed by atoms with Gasteiger partial charge in [-0.15, -0.1) is 0 Å². The van der Waals surface area contributed by atoms with E-state index in [0.717, 1.165) is 56.1 Å². The Hall–Kier alpha value is -1.67. The van der Waals surface area contributed by atoms with Crippen LogP contribution in [0.5, 0.6) is 0 Å². The lowest BCUT2D eigenvalue weighted by molar-refractivity contribution is -0.380. The van der Waals surface area contributed by atoms with Crippen molar-refractivity contribution in [3.05, 3.63) is 21.7 Å². The maximum absolute atomic E-state index is 12.6. The summed E-state index contributed by atoms with van der Waals surface area (Å²) in [6.45, 7) is 8.69. The number of piperazine rings is 1. The quantitative estimate of drug-likeness (QED) is 0.605. The van der Waals surface area contributed by atoms with E-state index >= 15 is 0 Å². The molecule has 0 aliphatic carbocycles. The minimum absolute atomic E-state index is 0.198. The fraction of sp³-hybridized carbons (Fsp3) is 0.706. The molecule has 1 amide bonds. The molecule has 0 N–H and O–H groups in total. The predicted octanol–water partition coefficient (Wildman–Crippen LogP) is 2.49. The molecule has 0 aromatic carbocycles. The van der Waals surface area contributed by atoms with E-state index < -0.39 is 0 Å². The molecule has 1 atom stereocenters. The molecule has 2 aliphatic rings. The van der Waals surface area contributed by atoms with Crippen LogP contribution >= 0.6 is 11.3 Å². The van der Waals surface area contributed by atoms with Crippen LogP contribution in [0.15, 0.2) is 6.07 Å². The topological polar surface area (TPSA) is 69.9 Å². The number of aryl methyl sites for hydroxylation is 1. The number of likely N-dealkylation sites (tertiary alicyclic amines) is 1. The van der Waals surface area contributed by atoms with Crippen LogP contribution in [0.25, 0.3) is 0 Å².